The molecule has 20 heavy (non-hydrogen) atoms. The Morgan fingerprint density at radius 2 is 2.05 bits per heavy atom. The summed E-state index contributed by atoms with van der Waals surface area (Å²) in [6.07, 6.45) is 1.31. The molecule has 1 fully saturated rings. The minimum absolute atomic E-state index is 0.492. The molecule has 1 aliphatic heterocycles. The minimum Gasteiger partial charge on any atom is -0.383 e. The summed E-state index contributed by atoms with van der Waals surface area (Å²) in [7, 11) is 0. The molecular formula is C14H20N6. The van der Waals surface area contributed by atoms with Crippen molar-refractivity contribution in [3.63, 3.8) is 0 Å². The average molecular weight is 272 g/mol. The van der Waals surface area contributed by atoms with Crippen LogP contribution in [0.5, 0.6) is 0 Å². The highest BCUT2D eigenvalue weighted by atomic mass is 15.2. The maximum absolute atomic E-state index is 6.04. The first-order chi connectivity index (χ1) is 9.63. The lowest BCUT2D eigenvalue weighted by atomic mass is 10.1. The normalized spacial score (nSPS) is 15.3. The summed E-state index contributed by atoms with van der Waals surface area (Å²) in [6, 6.07) is 2.00. The zero-order valence-corrected chi connectivity index (χ0v) is 12.0. The zero-order valence-electron chi connectivity index (χ0n) is 12.0. The van der Waals surface area contributed by atoms with Crippen LogP contribution in [-0.4, -0.2) is 46.0 Å². The number of aromatic nitrogens is 3. The van der Waals surface area contributed by atoms with Crippen LogP contribution in [0.1, 0.15) is 17.7 Å². The smallest absolute Gasteiger partial charge is 0.226 e. The van der Waals surface area contributed by atoms with Crippen molar-refractivity contribution in [3.05, 3.63) is 17.3 Å². The Kier molecular flexibility index (Phi) is 3.40. The summed E-state index contributed by atoms with van der Waals surface area (Å²) < 4.78 is 0. The number of hydrogen-bond donors (Lipinski definition) is 2. The molecule has 2 aromatic rings. The van der Waals surface area contributed by atoms with Gasteiger partial charge in [0.1, 0.15) is 5.82 Å². The molecule has 3 N–H and O–H groups in total. The Morgan fingerprint density at radius 3 is 2.75 bits per heavy atom. The Bertz CT molecular complexity index is 635. The number of aryl methyl sites for hydroxylation is 2. The number of rotatable bonds is 4. The summed E-state index contributed by atoms with van der Waals surface area (Å²) >= 11 is 0. The van der Waals surface area contributed by atoms with E-state index >= 15 is 0 Å². The molecule has 1 saturated heterocycles. The quantitative estimate of drug-likeness (QED) is 0.874. The van der Waals surface area contributed by atoms with Crippen LogP contribution in [0.25, 0.3) is 11.0 Å². The number of fused-ring (bicyclic) bond motifs is 1. The molecule has 6 heteroatoms. The van der Waals surface area contributed by atoms with Crippen molar-refractivity contribution < 1.29 is 0 Å². The third-order valence-corrected chi connectivity index (χ3v) is 3.68. The van der Waals surface area contributed by atoms with Gasteiger partial charge in [0.25, 0.3) is 0 Å². The number of anilines is 2. The van der Waals surface area contributed by atoms with Crippen LogP contribution in [-0.2, 0) is 0 Å². The van der Waals surface area contributed by atoms with E-state index in [1.165, 1.54) is 19.5 Å². The Balaban J connectivity index is 1.81. The fourth-order valence-corrected chi connectivity index (χ4v) is 2.52. The number of pyridine rings is 1. The van der Waals surface area contributed by atoms with Crippen LogP contribution >= 0.6 is 0 Å². The van der Waals surface area contributed by atoms with E-state index in [0.29, 0.717) is 17.4 Å². The first kappa shape index (κ1) is 13.1. The van der Waals surface area contributed by atoms with Crippen LogP contribution in [0, 0.1) is 13.8 Å². The Hall–Kier alpha value is -1.95. The van der Waals surface area contributed by atoms with Gasteiger partial charge in [0.2, 0.25) is 5.95 Å². The van der Waals surface area contributed by atoms with Crippen molar-refractivity contribution in [1.29, 1.82) is 0 Å². The molecular weight excluding hydrogens is 252 g/mol. The van der Waals surface area contributed by atoms with E-state index in [0.717, 1.165) is 29.7 Å². The van der Waals surface area contributed by atoms with Gasteiger partial charge in [0.15, 0.2) is 5.65 Å². The number of likely N-dealkylation sites (tertiary alicyclic amines) is 1. The number of nitrogen functional groups attached to an aromatic ring is 1. The summed E-state index contributed by atoms with van der Waals surface area (Å²) in [5, 5.41) is 4.08. The maximum Gasteiger partial charge on any atom is 0.226 e. The van der Waals surface area contributed by atoms with Gasteiger partial charge < -0.3 is 16.0 Å². The van der Waals surface area contributed by atoms with Crippen molar-refractivity contribution in [2.24, 2.45) is 0 Å². The molecule has 0 unspecified atom stereocenters. The number of nitrogens with zero attached hydrogens (tertiary/aromatic N) is 4. The van der Waals surface area contributed by atoms with E-state index in [2.05, 4.69) is 25.2 Å². The van der Waals surface area contributed by atoms with Crippen LogP contribution < -0.4 is 11.1 Å². The Morgan fingerprint density at radius 1 is 1.25 bits per heavy atom. The predicted molar refractivity (Wildman–Crippen MR) is 80.8 cm³/mol. The molecule has 0 spiro atoms. The van der Waals surface area contributed by atoms with Gasteiger partial charge in [-0.05, 0) is 45.0 Å². The number of nitrogens with two attached hydrogens (primary N) is 1. The molecule has 0 amide bonds. The summed E-state index contributed by atoms with van der Waals surface area (Å²) in [5.41, 5.74) is 8.71. The van der Waals surface area contributed by atoms with E-state index in [4.69, 9.17) is 5.73 Å². The summed E-state index contributed by atoms with van der Waals surface area (Å²) in [5.74, 6) is 1.06. The highest BCUT2D eigenvalue weighted by Gasteiger charge is 2.13. The minimum atomic E-state index is 0.492. The van der Waals surface area contributed by atoms with Gasteiger partial charge in [0, 0.05) is 18.8 Å². The first-order valence-electron chi connectivity index (χ1n) is 7.01. The van der Waals surface area contributed by atoms with E-state index < -0.39 is 0 Å². The molecule has 1 aliphatic rings. The van der Waals surface area contributed by atoms with Gasteiger partial charge in [0.05, 0.1) is 5.39 Å². The summed E-state index contributed by atoms with van der Waals surface area (Å²) in [6.45, 7) is 8.21. The fraction of sp³-hybridized carbons (Fsp3) is 0.500. The van der Waals surface area contributed by atoms with Gasteiger partial charge in [-0.15, -0.1) is 0 Å². The van der Waals surface area contributed by atoms with E-state index in [1.807, 2.05) is 19.9 Å². The molecule has 0 saturated carbocycles. The molecule has 106 valence electrons. The van der Waals surface area contributed by atoms with Gasteiger partial charge in [-0.3, -0.25) is 0 Å². The van der Waals surface area contributed by atoms with Crippen LogP contribution in [0.15, 0.2) is 6.07 Å². The lowest BCUT2D eigenvalue weighted by Gasteiger charge is -2.30. The zero-order chi connectivity index (χ0) is 14.1. The molecule has 0 bridgehead atoms. The topological polar surface area (TPSA) is 80.0 Å². The van der Waals surface area contributed by atoms with Gasteiger partial charge in [-0.1, -0.05) is 0 Å². The second-order valence-corrected chi connectivity index (χ2v) is 5.33. The van der Waals surface area contributed by atoms with Gasteiger partial charge in [-0.25, -0.2) is 4.98 Å². The highest BCUT2D eigenvalue weighted by molar-refractivity contribution is 5.89. The molecule has 2 aromatic heterocycles. The monoisotopic (exact) mass is 272 g/mol. The lowest BCUT2D eigenvalue weighted by molar-refractivity contribution is 0.189. The van der Waals surface area contributed by atoms with Crippen LogP contribution in [0.4, 0.5) is 11.8 Å². The molecule has 3 rings (SSSR count). The molecule has 6 nitrogen and oxygen atoms in total. The average Bonchev–Trinajstić information content (AvgIpc) is 2.30. The molecule has 0 radical (unpaired) electrons. The molecule has 0 aromatic carbocycles. The Labute approximate surface area is 118 Å². The van der Waals surface area contributed by atoms with E-state index in [9.17, 15) is 0 Å². The van der Waals surface area contributed by atoms with Gasteiger partial charge in [-0.2, -0.15) is 9.97 Å². The van der Waals surface area contributed by atoms with Crippen molar-refractivity contribution in [2.45, 2.75) is 20.3 Å². The van der Waals surface area contributed by atoms with Crippen molar-refractivity contribution in [1.82, 2.24) is 19.9 Å². The maximum atomic E-state index is 6.04. The second-order valence-electron chi connectivity index (χ2n) is 5.33. The second kappa shape index (κ2) is 5.20. The third-order valence-electron chi connectivity index (χ3n) is 3.68. The van der Waals surface area contributed by atoms with Crippen LogP contribution in [0.3, 0.4) is 0 Å². The van der Waals surface area contributed by atoms with Crippen molar-refractivity contribution >= 4 is 22.8 Å². The SMILES string of the molecule is Cc1cc(C)c2c(N)nc(NCCN3CCC3)nc2n1. The third kappa shape index (κ3) is 2.51. The molecule has 0 aliphatic carbocycles. The molecule has 3 heterocycles. The summed E-state index contributed by atoms with van der Waals surface area (Å²) in [4.78, 5) is 15.6. The van der Waals surface area contributed by atoms with Gasteiger partial charge >= 0.3 is 0 Å². The van der Waals surface area contributed by atoms with Crippen LogP contribution in [0.2, 0.25) is 0 Å². The predicted octanol–water partition coefficient (Wildman–Crippen LogP) is 1.34. The number of nitrogens with one attached hydrogen (secondary N) is 1. The van der Waals surface area contributed by atoms with Crippen molar-refractivity contribution in [3.8, 4) is 0 Å². The van der Waals surface area contributed by atoms with E-state index in [1.54, 1.807) is 0 Å². The molecule has 0 atom stereocenters. The standard InChI is InChI=1S/C14H20N6/c1-9-8-10(2)17-13-11(9)12(15)18-14(19-13)16-4-7-20-5-3-6-20/h8H,3-7H2,1-2H3,(H3,15,16,17,18,19). The van der Waals surface area contributed by atoms with E-state index in [-0.39, 0.29) is 0 Å². The first-order valence-corrected chi connectivity index (χ1v) is 7.01. The van der Waals surface area contributed by atoms with Crippen molar-refractivity contribution in [2.75, 3.05) is 37.2 Å². The fourth-order valence-electron chi connectivity index (χ4n) is 2.52. The highest BCUT2D eigenvalue weighted by Crippen LogP contribution is 2.22. The lowest BCUT2D eigenvalue weighted by Crippen LogP contribution is -2.40. The largest absolute Gasteiger partial charge is 0.383 e. The number of hydrogen-bond acceptors (Lipinski definition) is 6.